The predicted octanol–water partition coefficient (Wildman–Crippen LogP) is 2.66. The fraction of sp³-hybridized carbons (Fsp3) is 0.364. The van der Waals surface area contributed by atoms with Gasteiger partial charge in [-0.2, -0.15) is 0 Å². The van der Waals surface area contributed by atoms with E-state index < -0.39 is 6.10 Å². The zero-order chi connectivity index (χ0) is 12.1. The summed E-state index contributed by atoms with van der Waals surface area (Å²) in [6.45, 7) is 3.88. The number of benzene rings is 1. The molecule has 1 unspecified atom stereocenters. The lowest BCUT2D eigenvalue weighted by molar-refractivity contribution is 0.246. The lowest BCUT2D eigenvalue weighted by atomic mass is 10.2. The molecule has 0 saturated carbocycles. The summed E-state index contributed by atoms with van der Waals surface area (Å²) >= 11 is 3.41. The third-order valence-corrected chi connectivity index (χ3v) is 3.11. The van der Waals surface area contributed by atoms with Crippen molar-refractivity contribution in [3.8, 4) is 5.75 Å². The van der Waals surface area contributed by atoms with Gasteiger partial charge in [0.1, 0.15) is 5.75 Å². The maximum Gasteiger partial charge on any atom is 0.180 e. The van der Waals surface area contributed by atoms with E-state index in [1.807, 2.05) is 32.0 Å². The number of hydrogen-bond donors (Lipinski definition) is 2. The molecule has 1 aromatic rings. The molecule has 3 N–H and O–H groups in total. The van der Waals surface area contributed by atoms with Crippen LogP contribution in [0.2, 0.25) is 0 Å². The lowest BCUT2D eigenvalue weighted by Gasteiger charge is -2.16. The Morgan fingerprint density at radius 2 is 2.31 bits per heavy atom. The first-order chi connectivity index (χ1) is 7.58. The molecule has 4 nitrogen and oxygen atoms in total. The second kappa shape index (κ2) is 5.75. The van der Waals surface area contributed by atoms with E-state index in [2.05, 4.69) is 21.1 Å². The minimum Gasteiger partial charge on any atom is -0.482 e. The van der Waals surface area contributed by atoms with Gasteiger partial charge in [-0.05, 0) is 37.1 Å². The number of halogens is 1. The van der Waals surface area contributed by atoms with Gasteiger partial charge in [0.25, 0.3) is 0 Å². The molecule has 0 aliphatic carbocycles. The van der Waals surface area contributed by atoms with Crippen LogP contribution in [0.15, 0.2) is 27.8 Å². The molecule has 1 atom stereocenters. The normalized spacial score (nSPS) is 13.6. The topological polar surface area (TPSA) is 67.8 Å². The van der Waals surface area contributed by atoms with Gasteiger partial charge in [0.15, 0.2) is 11.9 Å². The van der Waals surface area contributed by atoms with Gasteiger partial charge in [-0.3, -0.25) is 0 Å². The average Bonchev–Trinajstić information content (AvgIpc) is 2.29. The van der Waals surface area contributed by atoms with Gasteiger partial charge in [-0.1, -0.05) is 28.0 Å². The number of amidine groups is 1. The summed E-state index contributed by atoms with van der Waals surface area (Å²) in [6, 6.07) is 5.64. The summed E-state index contributed by atoms with van der Waals surface area (Å²) in [7, 11) is 0. The van der Waals surface area contributed by atoms with Crippen LogP contribution in [-0.2, 0) is 0 Å². The van der Waals surface area contributed by atoms with E-state index in [-0.39, 0.29) is 5.84 Å². The second-order valence-corrected chi connectivity index (χ2v) is 4.30. The number of oxime groups is 1. The zero-order valence-electron chi connectivity index (χ0n) is 9.27. The predicted molar refractivity (Wildman–Crippen MR) is 67.0 cm³/mol. The summed E-state index contributed by atoms with van der Waals surface area (Å²) in [5.74, 6) is 0.794. The SMILES string of the molecule is CCC(Oc1ccc(Br)c(C)c1)/C(N)=N/O. The van der Waals surface area contributed by atoms with Crippen LogP contribution in [0.1, 0.15) is 18.9 Å². The highest BCUT2D eigenvalue weighted by molar-refractivity contribution is 9.10. The van der Waals surface area contributed by atoms with Gasteiger partial charge in [0.05, 0.1) is 0 Å². The van der Waals surface area contributed by atoms with Crippen molar-refractivity contribution in [2.75, 3.05) is 0 Å². The quantitative estimate of drug-likeness (QED) is 0.387. The van der Waals surface area contributed by atoms with E-state index in [0.717, 1.165) is 10.0 Å². The molecule has 0 heterocycles. The van der Waals surface area contributed by atoms with Crippen molar-refractivity contribution in [3.05, 3.63) is 28.2 Å². The minimum atomic E-state index is -0.398. The summed E-state index contributed by atoms with van der Waals surface area (Å²) in [4.78, 5) is 0. The van der Waals surface area contributed by atoms with Crippen molar-refractivity contribution in [1.82, 2.24) is 0 Å². The number of aryl methyl sites for hydroxylation is 1. The van der Waals surface area contributed by atoms with Crippen LogP contribution in [-0.4, -0.2) is 17.1 Å². The fourth-order valence-electron chi connectivity index (χ4n) is 1.27. The van der Waals surface area contributed by atoms with Gasteiger partial charge in [0.2, 0.25) is 0 Å². The maximum absolute atomic E-state index is 8.59. The molecule has 0 amide bonds. The monoisotopic (exact) mass is 286 g/mol. The van der Waals surface area contributed by atoms with Crippen molar-refractivity contribution in [2.24, 2.45) is 10.9 Å². The van der Waals surface area contributed by atoms with Gasteiger partial charge in [-0.15, -0.1) is 0 Å². The molecule has 0 fully saturated rings. The highest BCUT2D eigenvalue weighted by Crippen LogP contribution is 2.22. The highest BCUT2D eigenvalue weighted by atomic mass is 79.9. The molecule has 0 aliphatic rings. The summed E-state index contributed by atoms with van der Waals surface area (Å²) in [5, 5.41) is 11.5. The lowest BCUT2D eigenvalue weighted by Crippen LogP contribution is -2.33. The molecule has 0 aromatic heterocycles. The molecule has 1 aromatic carbocycles. The van der Waals surface area contributed by atoms with Crippen LogP contribution in [0, 0.1) is 6.92 Å². The number of nitrogens with two attached hydrogens (primary N) is 1. The van der Waals surface area contributed by atoms with Crippen molar-refractivity contribution in [1.29, 1.82) is 0 Å². The Hall–Kier alpha value is -1.23. The van der Waals surface area contributed by atoms with Crippen molar-refractivity contribution < 1.29 is 9.94 Å². The molecule has 0 radical (unpaired) electrons. The first kappa shape index (κ1) is 12.8. The fourth-order valence-corrected chi connectivity index (χ4v) is 1.52. The van der Waals surface area contributed by atoms with Crippen LogP contribution in [0.25, 0.3) is 0 Å². The molecule has 0 aliphatic heterocycles. The Bertz CT molecular complexity index is 394. The van der Waals surface area contributed by atoms with Gasteiger partial charge >= 0.3 is 0 Å². The molecule has 0 saturated heterocycles. The average molecular weight is 287 g/mol. The standard InChI is InChI=1S/C11H15BrN2O2/c1-3-10(11(13)14-15)16-8-4-5-9(12)7(2)6-8/h4-6,10,15H,3H2,1-2H3,(H2,13,14). The third-order valence-electron chi connectivity index (χ3n) is 2.22. The Morgan fingerprint density at radius 1 is 1.62 bits per heavy atom. The number of hydrogen-bond acceptors (Lipinski definition) is 3. The molecule has 0 spiro atoms. The Balaban J connectivity index is 2.82. The number of nitrogens with zero attached hydrogens (tertiary/aromatic N) is 1. The van der Waals surface area contributed by atoms with E-state index in [4.69, 9.17) is 15.7 Å². The molecule has 0 bridgehead atoms. The molecule has 1 rings (SSSR count). The highest BCUT2D eigenvalue weighted by Gasteiger charge is 2.13. The van der Waals surface area contributed by atoms with Gasteiger partial charge in [0, 0.05) is 4.47 Å². The van der Waals surface area contributed by atoms with Gasteiger partial charge < -0.3 is 15.7 Å². The van der Waals surface area contributed by atoms with Gasteiger partial charge in [-0.25, -0.2) is 0 Å². The first-order valence-electron chi connectivity index (χ1n) is 4.98. The number of rotatable bonds is 4. The summed E-state index contributed by atoms with van der Waals surface area (Å²) in [5.41, 5.74) is 6.59. The molecule has 5 heteroatoms. The second-order valence-electron chi connectivity index (χ2n) is 3.45. The molecule has 88 valence electrons. The minimum absolute atomic E-state index is 0.0862. The third kappa shape index (κ3) is 3.13. The largest absolute Gasteiger partial charge is 0.482 e. The first-order valence-corrected chi connectivity index (χ1v) is 5.78. The van der Waals surface area contributed by atoms with Crippen molar-refractivity contribution in [3.63, 3.8) is 0 Å². The maximum atomic E-state index is 8.59. The summed E-state index contributed by atoms with van der Waals surface area (Å²) in [6.07, 6.45) is 0.246. The van der Waals surface area contributed by atoms with Crippen LogP contribution in [0.5, 0.6) is 5.75 Å². The van der Waals surface area contributed by atoms with Crippen LogP contribution in [0.3, 0.4) is 0 Å². The Kier molecular flexibility index (Phi) is 4.61. The van der Waals surface area contributed by atoms with Crippen molar-refractivity contribution >= 4 is 21.8 Å². The van der Waals surface area contributed by atoms with Crippen LogP contribution >= 0.6 is 15.9 Å². The Labute approximate surface area is 103 Å². The van der Waals surface area contributed by atoms with E-state index in [9.17, 15) is 0 Å². The van der Waals surface area contributed by atoms with Crippen LogP contribution < -0.4 is 10.5 Å². The Morgan fingerprint density at radius 3 is 2.81 bits per heavy atom. The van der Waals surface area contributed by atoms with E-state index >= 15 is 0 Å². The molecule has 16 heavy (non-hydrogen) atoms. The van der Waals surface area contributed by atoms with E-state index in [0.29, 0.717) is 12.2 Å². The van der Waals surface area contributed by atoms with Crippen LogP contribution in [0.4, 0.5) is 0 Å². The molecular weight excluding hydrogens is 272 g/mol. The zero-order valence-corrected chi connectivity index (χ0v) is 10.9. The molecular formula is C11H15BrN2O2. The smallest absolute Gasteiger partial charge is 0.180 e. The number of ether oxygens (including phenoxy) is 1. The summed E-state index contributed by atoms with van der Waals surface area (Å²) < 4.78 is 6.64. The van der Waals surface area contributed by atoms with Crippen molar-refractivity contribution in [2.45, 2.75) is 26.4 Å². The van der Waals surface area contributed by atoms with E-state index in [1.165, 1.54) is 0 Å². The van der Waals surface area contributed by atoms with E-state index in [1.54, 1.807) is 0 Å².